The van der Waals surface area contributed by atoms with Crippen LogP contribution >= 0.6 is 0 Å². The van der Waals surface area contributed by atoms with Crippen LogP contribution in [0.3, 0.4) is 0 Å². The predicted molar refractivity (Wildman–Crippen MR) is 71.0 cm³/mol. The lowest BCUT2D eigenvalue weighted by Crippen LogP contribution is -2.48. The second kappa shape index (κ2) is 7.99. The van der Waals surface area contributed by atoms with Crippen LogP contribution in [0.1, 0.15) is 32.6 Å². The normalized spacial score (nSPS) is 20.6. The first-order valence-corrected chi connectivity index (χ1v) is 6.86. The lowest BCUT2D eigenvalue weighted by molar-refractivity contribution is -0.139. The Morgan fingerprint density at radius 1 is 1.53 bits per heavy atom. The molecule has 6 heteroatoms. The van der Waals surface area contributed by atoms with Gasteiger partial charge in [-0.15, -0.1) is 0 Å². The molecule has 6 nitrogen and oxygen atoms in total. The van der Waals surface area contributed by atoms with Crippen molar-refractivity contribution in [3.8, 4) is 0 Å². The van der Waals surface area contributed by atoms with Crippen LogP contribution < -0.4 is 5.32 Å². The number of amides is 2. The summed E-state index contributed by atoms with van der Waals surface area (Å²) in [5, 5.41) is 11.6. The largest absolute Gasteiger partial charge is 0.480 e. The maximum absolute atomic E-state index is 11.9. The number of carbonyl (C=O) groups excluding carboxylic acids is 1. The number of carboxylic acid groups (broad SMARTS) is 1. The van der Waals surface area contributed by atoms with E-state index in [4.69, 9.17) is 9.84 Å². The molecule has 19 heavy (non-hydrogen) atoms. The van der Waals surface area contributed by atoms with E-state index in [2.05, 4.69) is 5.32 Å². The van der Waals surface area contributed by atoms with Crippen LogP contribution in [-0.2, 0) is 9.53 Å². The molecule has 0 aliphatic carbocycles. The Morgan fingerprint density at radius 3 is 2.79 bits per heavy atom. The summed E-state index contributed by atoms with van der Waals surface area (Å²) < 4.78 is 5.37. The summed E-state index contributed by atoms with van der Waals surface area (Å²) >= 11 is 0. The number of carbonyl (C=O) groups is 2. The minimum atomic E-state index is -0.982. The zero-order chi connectivity index (χ0) is 14.3. The smallest absolute Gasteiger partial charge is 0.326 e. The lowest BCUT2D eigenvalue weighted by Gasteiger charge is -2.28. The van der Waals surface area contributed by atoms with Gasteiger partial charge < -0.3 is 20.1 Å². The summed E-state index contributed by atoms with van der Waals surface area (Å²) in [5.41, 5.74) is 0. The van der Waals surface area contributed by atoms with Crippen molar-refractivity contribution >= 4 is 12.0 Å². The van der Waals surface area contributed by atoms with Crippen LogP contribution in [-0.4, -0.2) is 54.9 Å². The fraction of sp³-hybridized carbons (Fsp3) is 0.846. The van der Waals surface area contributed by atoms with Crippen molar-refractivity contribution in [3.05, 3.63) is 0 Å². The average molecular weight is 272 g/mol. The van der Waals surface area contributed by atoms with Crippen molar-refractivity contribution in [2.45, 2.75) is 38.6 Å². The van der Waals surface area contributed by atoms with E-state index < -0.39 is 12.0 Å². The number of nitrogens with zero attached hydrogens (tertiary/aromatic N) is 1. The van der Waals surface area contributed by atoms with Gasteiger partial charge in [-0.05, 0) is 19.3 Å². The summed E-state index contributed by atoms with van der Waals surface area (Å²) in [5.74, 6) is -0.636. The highest BCUT2D eigenvalue weighted by molar-refractivity contribution is 5.82. The molecular formula is C13H24N2O4. The second-order valence-electron chi connectivity index (χ2n) is 5.09. The summed E-state index contributed by atoms with van der Waals surface area (Å²) in [6.07, 6.45) is 3.24. The summed E-state index contributed by atoms with van der Waals surface area (Å²) in [6, 6.07) is -1.13. The van der Waals surface area contributed by atoms with Gasteiger partial charge >= 0.3 is 12.0 Å². The van der Waals surface area contributed by atoms with E-state index in [1.807, 2.05) is 6.92 Å². The number of hydrogen-bond acceptors (Lipinski definition) is 3. The van der Waals surface area contributed by atoms with Gasteiger partial charge in [-0.3, -0.25) is 0 Å². The molecule has 2 amide bonds. The van der Waals surface area contributed by atoms with E-state index in [1.165, 1.54) is 0 Å². The van der Waals surface area contributed by atoms with E-state index >= 15 is 0 Å². The molecule has 1 fully saturated rings. The molecule has 0 aromatic carbocycles. The number of urea groups is 1. The van der Waals surface area contributed by atoms with Crippen LogP contribution in [0.15, 0.2) is 0 Å². The Balaban J connectivity index is 2.39. The highest BCUT2D eigenvalue weighted by Crippen LogP contribution is 2.14. The fourth-order valence-corrected chi connectivity index (χ4v) is 2.23. The van der Waals surface area contributed by atoms with Crippen molar-refractivity contribution in [3.63, 3.8) is 0 Å². The molecule has 2 N–H and O–H groups in total. The molecule has 1 aliphatic heterocycles. The molecule has 0 aromatic heterocycles. The zero-order valence-electron chi connectivity index (χ0n) is 11.7. The lowest BCUT2D eigenvalue weighted by atomic mass is 10.0. The molecular weight excluding hydrogens is 248 g/mol. The van der Waals surface area contributed by atoms with Gasteiger partial charge in [0.25, 0.3) is 0 Å². The fourth-order valence-electron chi connectivity index (χ4n) is 2.23. The first kappa shape index (κ1) is 15.8. The minimum Gasteiger partial charge on any atom is -0.480 e. The molecule has 1 aliphatic rings. The number of nitrogens with one attached hydrogen (secondary N) is 1. The van der Waals surface area contributed by atoms with Crippen molar-refractivity contribution in [1.82, 2.24) is 10.2 Å². The van der Waals surface area contributed by atoms with Gasteiger partial charge in [-0.25, -0.2) is 9.59 Å². The van der Waals surface area contributed by atoms with Crippen molar-refractivity contribution < 1.29 is 19.4 Å². The van der Waals surface area contributed by atoms with E-state index in [1.54, 1.807) is 11.9 Å². The van der Waals surface area contributed by atoms with Crippen LogP contribution in [0.2, 0.25) is 0 Å². The molecule has 1 rings (SSSR count). The standard InChI is InChI=1S/C13H24N2O4/c1-3-5-11(12(16)17)14-13(18)15(2)8-10-6-4-7-19-9-10/h10-11H,3-9H2,1-2H3,(H,14,18)(H,16,17)/t10?,11-/m1/s1. The van der Waals surface area contributed by atoms with Gasteiger partial charge in [0.1, 0.15) is 6.04 Å². The Hall–Kier alpha value is -1.30. The Kier molecular flexibility index (Phi) is 6.62. The predicted octanol–water partition coefficient (Wildman–Crippen LogP) is 1.31. The summed E-state index contributed by atoms with van der Waals surface area (Å²) in [6.45, 7) is 3.97. The first-order chi connectivity index (χ1) is 9.04. The van der Waals surface area contributed by atoms with Crippen LogP contribution in [0.25, 0.3) is 0 Å². The minimum absolute atomic E-state index is 0.327. The summed E-state index contributed by atoms with van der Waals surface area (Å²) in [4.78, 5) is 24.4. The molecule has 2 atom stereocenters. The van der Waals surface area contributed by atoms with Gasteiger partial charge in [-0.1, -0.05) is 13.3 Å². The van der Waals surface area contributed by atoms with E-state index in [-0.39, 0.29) is 6.03 Å². The van der Waals surface area contributed by atoms with Crippen molar-refractivity contribution in [2.24, 2.45) is 5.92 Å². The molecule has 1 heterocycles. The average Bonchev–Trinajstić information content (AvgIpc) is 2.39. The number of hydrogen-bond donors (Lipinski definition) is 2. The van der Waals surface area contributed by atoms with Gasteiger partial charge in [0.05, 0.1) is 6.61 Å². The number of ether oxygens (including phenoxy) is 1. The number of carboxylic acids is 1. The monoisotopic (exact) mass is 272 g/mol. The molecule has 1 saturated heterocycles. The quantitative estimate of drug-likeness (QED) is 0.764. The Morgan fingerprint density at radius 2 is 2.26 bits per heavy atom. The molecule has 0 bridgehead atoms. The maximum Gasteiger partial charge on any atom is 0.326 e. The maximum atomic E-state index is 11.9. The molecule has 1 unspecified atom stereocenters. The summed E-state index contributed by atoms with van der Waals surface area (Å²) in [7, 11) is 1.69. The van der Waals surface area contributed by atoms with Gasteiger partial charge in [0, 0.05) is 26.1 Å². The van der Waals surface area contributed by atoms with Crippen LogP contribution in [0, 0.1) is 5.92 Å². The van der Waals surface area contributed by atoms with Crippen LogP contribution in [0.5, 0.6) is 0 Å². The topological polar surface area (TPSA) is 78.9 Å². The Labute approximate surface area is 114 Å². The first-order valence-electron chi connectivity index (χ1n) is 6.86. The third-order valence-electron chi connectivity index (χ3n) is 3.31. The van der Waals surface area contributed by atoms with E-state index in [0.29, 0.717) is 25.5 Å². The van der Waals surface area contributed by atoms with Gasteiger partial charge in [-0.2, -0.15) is 0 Å². The highest BCUT2D eigenvalue weighted by atomic mass is 16.5. The molecule has 0 radical (unpaired) electrons. The molecule has 0 aromatic rings. The second-order valence-corrected chi connectivity index (χ2v) is 5.09. The highest BCUT2D eigenvalue weighted by Gasteiger charge is 2.23. The SMILES string of the molecule is CCC[C@@H](NC(=O)N(C)CC1CCCOC1)C(=O)O. The van der Waals surface area contributed by atoms with Gasteiger partial charge in [0.15, 0.2) is 0 Å². The molecule has 0 spiro atoms. The van der Waals surface area contributed by atoms with E-state index in [0.717, 1.165) is 25.9 Å². The Bertz CT molecular complexity index is 303. The number of rotatable bonds is 6. The van der Waals surface area contributed by atoms with Crippen molar-refractivity contribution in [1.29, 1.82) is 0 Å². The van der Waals surface area contributed by atoms with Gasteiger partial charge in [0.2, 0.25) is 0 Å². The molecule has 110 valence electrons. The third kappa shape index (κ3) is 5.46. The van der Waals surface area contributed by atoms with Crippen LogP contribution in [0.4, 0.5) is 4.79 Å². The third-order valence-corrected chi connectivity index (χ3v) is 3.31. The number of aliphatic carboxylic acids is 1. The van der Waals surface area contributed by atoms with Crippen molar-refractivity contribution in [2.75, 3.05) is 26.8 Å². The molecule has 0 saturated carbocycles. The zero-order valence-corrected chi connectivity index (χ0v) is 11.7. The van der Waals surface area contributed by atoms with E-state index in [9.17, 15) is 9.59 Å².